The van der Waals surface area contributed by atoms with Crippen molar-refractivity contribution in [3.05, 3.63) is 29.3 Å². The number of hydrogen-bond acceptors (Lipinski definition) is 2. The van der Waals surface area contributed by atoms with Crippen LogP contribution in [0, 0.1) is 12.8 Å². The average molecular weight is 235 g/mol. The second-order valence-corrected chi connectivity index (χ2v) is 5.39. The Hall–Kier alpha value is -1.02. The molecule has 0 aromatic heterocycles. The fourth-order valence-corrected chi connectivity index (χ4v) is 2.05. The molecule has 2 N–H and O–H groups in total. The predicted octanol–water partition coefficient (Wildman–Crippen LogP) is 3.83. The van der Waals surface area contributed by atoms with Gasteiger partial charge in [0.15, 0.2) is 0 Å². The summed E-state index contributed by atoms with van der Waals surface area (Å²) in [6, 6.07) is 6.24. The molecule has 0 bridgehead atoms. The SMILES string of the molecule is Cc1ccc([C@@H](C)N)c(OC(C)CC(C)C)c1. The Morgan fingerprint density at radius 3 is 2.35 bits per heavy atom. The van der Waals surface area contributed by atoms with Crippen molar-refractivity contribution in [1.29, 1.82) is 0 Å². The van der Waals surface area contributed by atoms with Crippen LogP contribution in [0.1, 0.15) is 51.3 Å². The van der Waals surface area contributed by atoms with Gasteiger partial charge in [-0.25, -0.2) is 0 Å². The van der Waals surface area contributed by atoms with Gasteiger partial charge in [-0.05, 0) is 44.7 Å². The summed E-state index contributed by atoms with van der Waals surface area (Å²) >= 11 is 0. The number of nitrogens with two attached hydrogens (primary N) is 1. The summed E-state index contributed by atoms with van der Waals surface area (Å²) in [5, 5.41) is 0. The minimum Gasteiger partial charge on any atom is -0.490 e. The molecule has 0 saturated carbocycles. The Balaban J connectivity index is 2.84. The van der Waals surface area contributed by atoms with Crippen LogP contribution in [0.25, 0.3) is 0 Å². The lowest BCUT2D eigenvalue weighted by molar-refractivity contribution is 0.190. The maximum atomic E-state index is 6.02. The monoisotopic (exact) mass is 235 g/mol. The molecule has 0 heterocycles. The largest absolute Gasteiger partial charge is 0.490 e. The van der Waals surface area contributed by atoms with E-state index >= 15 is 0 Å². The first-order valence-corrected chi connectivity index (χ1v) is 6.43. The number of ether oxygens (including phenoxy) is 1. The van der Waals surface area contributed by atoms with Gasteiger partial charge in [-0.3, -0.25) is 0 Å². The Labute approximate surface area is 105 Å². The number of rotatable bonds is 5. The standard InChI is InChI=1S/C15H25NO/c1-10(2)8-12(4)17-15-9-11(3)6-7-14(15)13(5)16/h6-7,9-10,12-13H,8,16H2,1-5H3/t12?,13-/m1/s1. The van der Waals surface area contributed by atoms with Gasteiger partial charge in [0.1, 0.15) is 5.75 Å². The van der Waals surface area contributed by atoms with Crippen molar-refractivity contribution in [2.24, 2.45) is 11.7 Å². The maximum Gasteiger partial charge on any atom is 0.124 e. The molecule has 2 heteroatoms. The molecular formula is C15H25NO. The van der Waals surface area contributed by atoms with Crippen LogP contribution in [0.2, 0.25) is 0 Å². The van der Waals surface area contributed by atoms with Crippen molar-refractivity contribution >= 4 is 0 Å². The van der Waals surface area contributed by atoms with Crippen LogP contribution in [0.4, 0.5) is 0 Å². The number of hydrogen-bond donors (Lipinski definition) is 1. The van der Waals surface area contributed by atoms with E-state index in [9.17, 15) is 0 Å². The first-order valence-electron chi connectivity index (χ1n) is 6.43. The summed E-state index contributed by atoms with van der Waals surface area (Å²) in [4.78, 5) is 0. The Morgan fingerprint density at radius 2 is 1.82 bits per heavy atom. The molecule has 1 aromatic rings. The lowest BCUT2D eigenvalue weighted by Crippen LogP contribution is -2.17. The van der Waals surface area contributed by atoms with Crippen molar-refractivity contribution in [2.75, 3.05) is 0 Å². The molecule has 0 aliphatic heterocycles. The van der Waals surface area contributed by atoms with Crippen LogP contribution >= 0.6 is 0 Å². The predicted molar refractivity (Wildman–Crippen MR) is 73.3 cm³/mol. The second-order valence-electron chi connectivity index (χ2n) is 5.39. The molecule has 0 fully saturated rings. The van der Waals surface area contributed by atoms with Crippen molar-refractivity contribution < 1.29 is 4.74 Å². The summed E-state index contributed by atoms with van der Waals surface area (Å²) in [5.74, 6) is 1.58. The van der Waals surface area contributed by atoms with Crippen LogP contribution in [0.3, 0.4) is 0 Å². The lowest BCUT2D eigenvalue weighted by Gasteiger charge is -2.20. The average Bonchev–Trinajstić information content (AvgIpc) is 2.15. The molecule has 0 saturated heterocycles. The highest BCUT2D eigenvalue weighted by Crippen LogP contribution is 2.27. The van der Waals surface area contributed by atoms with Crippen LogP contribution in [-0.2, 0) is 0 Å². The summed E-state index contributed by atoms with van der Waals surface area (Å²) in [5.41, 5.74) is 8.26. The quantitative estimate of drug-likeness (QED) is 0.842. The zero-order chi connectivity index (χ0) is 13.0. The van der Waals surface area contributed by atoms with E-state index in [2.05, 4.69) is 45.9 Å². The molecule has 0 aliphatic carbocycles. The Bertz CT molecular complexity index is 358. The van der Waals surface area contributed by atoms with Crippen molar-refractivity contribution in [3.8, 4) is 5.75 Å². The Morgan fingerprint density at radius 1 is 1.18 bits per heavy atom. The van der Waals surface area contributed by atoms with Crippen LogP contribution in [0.5, 0.6) is 5.75 Å². The van der Waals surface area contributed by atoms with E-state index in [4.69, 9.17) is 10.5 Å². The van der Waals surface area contributed by atoms with Crippen LogP contribution in [-0.4, -0.2) is 6.10 Å². The molecule has 0 amide bonds. The van der Waals surface area contributed by atoms with Crippen LogP contribution < -0.4 is 10.5 Å². The molecule has 0 spiro atoms. The molecule has 1 rings (SSSR count). The molecule has 96 valence electrons. The topological polar surface area (TPSA) is 35.2 Å². The van der Waals surface area contributed by atoms with E-state index in [1.807, 2.05) is 6.92 Å². The molecular weight excluding hydrogens is 210 g/mol. The minimum atomic E-state index is 0.0110. The number of benzene rings is 1. The van der Waals surface area contributed by atoms with Gasteiger partial charge in [0.25, 0.3) is 0 Å². The fourth-order valence-electron chi connectivity index (χ4n) is 2.05. The highest BCUT2D eigenvalue weighted by Gasteiger charge is 2.12. The normalized spacial score (nSPS) is 14.8. The van der Waals surface area contributed by atoms with Gasteiger partial charge in [-0.2, -0.15) is 0 Å². The van der Waals surface area contributed by atoms with Gasteiger partial charge >= 0.3 is 0 Å². The van der Waals surface area contributed by atoms with Crippen molar-refractivity contribution in [2.45, 2.75) is 53.2 Å². The second kappa shape index (κ2) is 6.06. The molecule has 0 aliphatic rings. The van der Waals surface area contributed by atoms with Crippen molar-refractivity contribution in [1.82, 2.24) is 0 Å². The first-order chi connectivity index (χ1) is 7.90. The third kappa shape index (κ3) is 4.39. The van der Waals surface area contributed by atoms with E-state index in [0.29, 0.717) is 5.92 Å². The highest BCUT2D eigenvalue weighted by atomic mass is 16.5. The van der Waals surface area contributed by atoms with E-state index in [0.717, 1.165) is 17.7 Å². The zero-order valence-corrected chi connectivity index (χ0v) is 11.7. The van der Waals surface area contributed by atoms with Gasteiger partial charge in [0.05, 0.1) is 6.10 Å². The molecule has 2 nitrogen and oxygen atoms in total. The van der Waals surface area contributed by atoms with Gasteiger partial charge < -0.3 is 10.5 Å². The van der Waals surface area contributed by atoms with E-state index in [1.165, 1.54) is 5.56 Å². The number of aryl methyl sites for hydroxylation is 1. The molecule has 0 radical (unpaired) electrons. The Kier molecular flexibility index (Phi) is 5.01. The fraction of sp³-hybridized carbons (Fsp3) is 0.600. The van der Waals surface area contributed by atoms with Gasteiger partial charge in [-0.15, -0.1) is 0 Å². The summed E-state index contributed by atoms with van der Waals surface area (Å²) in [6.45, 7) is 10.6. The zero-order valence-electron chi connectivity index (χ0n) is 11.7. The molecule has 17 heavy (non-hydrogen) atoms. The van der Waals surface area contributed by atoms with Gasteiger partial charge in [0.2, 0.25) is 0 Å². The third-order valence-electron chi connectivity index (χ3n) is 2.79. The molecule has 2 atom stereocenters. The van der Waals surface area contributed by atoms with E-state index in [-0.39, 0.29) is 12.1 Å². The van der Waals surface area contributed by atoms with E-state index in [1.54, 1.807) is 0 Å². The smallest absolute Gasteiger partial charge is 0.124 e. The highest BCUT2D eigenvalue weighted by molar-refractivity contribution is 5.39. The van der Waals surface area contributed by atoms with Crippen LogP contribution in [0.15, 0.2) is 18.2 Å². The lowest BCUT2D eigenvalue weighted by atomic mass is 10.0. The maximum absolute atomic E-state index is 6.02. The summed E-state index contributed by atoms with van der Waals surface area (Å²) in [7, 11) is 0. The minimum absolute atomic E-state index is 0.0110. The third-order valence-corrected chi connectivity index (χ3v) is 2.79. The van der Waals surface area contributed by atoms with Gasteiger partial charge in [0, 0.05) is 11.6 Å². The summed E-state index contributed by atoms with van der Waals surface area (Å²) in [6.07, 6.45) is 1.29. The molecule has 1 unspecified atom stereocenters. The van der Waals surface area contributed by atoms with Gasteiger partial charge in [-0.1, -0.05) is 26.0 Å². The van der Waals surface area contributed by atoms with Crippen molar-refractivity contribution in [3.63, 3.8) is 0 Å². The summed E-state index contributed by atoms with van der Waals surface area (Å²) < 4.78 is 6.02. The first kappa shape index (κ1) is 14.0. The van der Waals surface area contributed by atoms with E-state index < -0.39 is 0 Å². The molecule has 1 aromatic carbocycles.